The van der Waals surface area contributed by atoms with Crippen LogP contribution in [0, 0.1) is 23.5 Å². The first kappa shape index (κ1) is 18.0. The average Bonchev–Trinajstić information content (AvgIpc) is 3.05. The largest absolute Gasteiger partial charge is 0.507 e. The molecule has 2 N–H and O–H groups in total. The summed E-state index contributed by atoms with van der Waals surface area (Å²) in [5.74, 6) is 1.83. The molecule has 2 aromatic carbocycles. The van der Waals surface area contributed by atoms with E-state index >= 15 is 0 Å². The SMILES string of the molecule is C=CC#Cc1cn(-c2ccc(C(=O)O)c(O)c2)cc1-c1cccc(F)c1F. The lowest BCUT2D eigenvalue weighted by molar-refractivity contribution is 0.0693. The molecule has 0 atom stereocenters. The van der Waals surface area contributed by atoms with Crippen molar-refractivity contribution in [3.63, 3.8) is 0 Å². The van der Waals surface area contributed by atoms with Gasteiger partial charge < -0.3 is 14.8 Å². The van der Waals surface area contributed by atoms with Crippen LogP contribution in [0.25, 0.3) is 16.8 Å². The third-order valence-electron chi connectivity index (χ3n) is 3.89. The molecule has 0 bridgehead atoms. The summed E-state index contributed by atoms with van der Waals surface area (Å²) < 4.78 is 29.4. The standard InChI is InChI=1S/C21H13F2NO3/c1-2-3-5-13-11-24(14-8-9-16(21(26)27)19(25)10-14)12-17(13)15-6-4-7-18(22)20(15)23/h2,4,6-12,25H,1H2,(H,26,27). The average molecular weight is 365 g/mol. The van der Waals surface area contributed by atoms with Crippen molar-refractivity contribution in [1.82, 2.24) is 4.57 Å². The molecule has 27 heavy (non-hydrogen) atoms. The van der Waals surface area contributed by atoms with Crippen molar-refractivity contribution in [3.05, 3.63) is 84.2 Å². The summed E-state index contributed by atoms with van der Waals surface area (Å²) in [6.45, 7) is 3.51. The van der Waals surface area contributed by atoms with E-state index in [4.69, 9.17) is 5.11 Å². The lowest BCUT2D eigenvalue weighted by atomic mass is 10.0. The summed E-state index contributed by atoms with van der Waals surface area (Å²) in [4.78, 5) is 11.0. The highest BCUT2D eigenvalue weighted by Gasteiger charge is 2.16. The Morgan fingerprint density at radius 1 is 1.15 bits per heavy atom. The van der Waals surface area contributed by atoms with Crippen LogP contribution in [0.4, 0.5) is 8.78 Å². The van der Waals surface area contributed by atoms with Gasteiger partial charge in [0, 0.05) is 35.3 Å². The molecule has 0 amide bonds. The monoisotopic (exact) mass is 365 g/mol. The molecular formula is C21H13F2NO3. The van der Waals surface area contributed by atoms with E-state index in [1.807, 2.05) is 0 Å². The van der Waals surface area contributed by atoms with Crippen LogP contribution in [0.15, 0.2) is 61.4 Å². The van der Waals surface area contributed by atoms with E-state index in [-0.39, 0.29) is 11.1 Å². The highest BCUT2D eigenvalue weighted by molar-refractivity contribution is 5.91. The fraction of sp³-hybridized carbons (Fsp3) is 0. The number of hydrogen-bond donors (Lipinski definition) is 2. The summed E-state index contributed by atoms with van der Waals surface area (Å²) in [7, 11) is 0. The van der Waals surface area contributed by atoms with E-state index in [1.54, 1.807) is 6.20 Å². The third kappa shape index (κ3) is 3.44. The van der Waals surface area contributed by atoms with Crippen molar-refractivity contribution < 1.29 is 23.8 Å². The van der Waals surface area contributed by atoms with E-state index in [0.717, 1.165) is 6.07 Å². The Bertz CT molecular complexity index is 1120. The Kier molecular flexibility index (Phi) is 4.77. The van der Waals surface area contributed by atoms with Crippen LogP contribution < -0.4 is 0 Å². The predicted molar refractivity (Wildman–Crippen MR) is 96.8 cm³/mol. The molecule has 0 saturated heterocycles. The highest BCUT2D eigenvalue weighted by atomic mass is 19.2. The molecule has 0 fully saturated rings. The summed E-state index contributed by atoms with van der Waals surface area (Å²) in [5.41, 5.74) is 0.994. The van der Waals surface area contributed by atoms with E-state index in [1.165, 1.54) is 47.2 Å². The van der Waals surface area contributed by atoms with Crippen molar-refractivity contribution in [2.45, 2.75) is 0 Å². The van der Waals surface area contributed by atoms with Crippen molar-refractivity contribution >= 4 is 5.97 Å². The minimum Gasteiger partial charge on any atom is -0.507 e. The van der Waals surface area contributed by atoms with Gasteiger partial charge in [-0.1, -0.05) is 30.6 Å². The lowest BCUT2D eigenvalue weighted by Gasteiger charge is -2.06. The van der Waals surface area contributed by atoms with Crippen molar-refractivity contribution in [1.29, 1.82) is 0 Å². The molecule has 0 aliphatic heterocycles. The summed E-state index contributed by atoms with van der Waals surface area (Å²) >= 11 is 0. The molecule has 0 unspecified atom stereocenters. The number of phenols is 1. The van der Waals surface area contributed by atoms with Crippen LogP contribution in [-0.2, 0) is 0 Å². The van der Waals surface area contributed by atoms with Crippen molar-refractivity contribution in [3.8, 4) is 34.4 Å². The first-order valence-corrected chi connectivity index (χ1v) is 7.78. The molecule has 1 aromatic heterocycles. The molecule has 0 saturated carbocycles. The minimum absolute atomic E-state index is 0.0356. The third-order valence-corrected chi connectivity index (χ3v) is 3.89. The quantitative estimate of drug-likeness (QED) is 0.678. The lowest BCUT2D eigenvalue weighted by Crippen LogP contribution is -1.98. The number of nitrogens with zero attached hydrogens (tertiary/aromatic N) is 1. The topological polar surface area (TPSA) is 62.5 Å². The van der Waals surface area contributed by atoms with Gasteiger partial charge in [0.2, 0.25) is 0 Å². The van der Waals surface area contributed by atoms with Gasteiger partial charge in [0.15, 0.2) is 11.6 Å². The number of carbonyl (C=O) groups is 1. The molecule has 134 valence electrons. The maximum atomic E-state index is 14.2. The predicted octanol–water partition coefficient (Wildman–Crippen LogP) is 4.36. The second-order valence-corrected chi connectivity index (χ2v) is 5.57. The number of allylic oxidation sites excluding steroid dienone is 1. The Morgan fingerprint density at radius 3 is 2.59 bits per heavy atom. The van der Waals surface area contributed by atoms with E-state index in [0.29, 0.717) is 16.8 Å². The maximum absolute atomic E-state index is 14.2. The molecule has 0 radical (unpaired) electrons. The number of carboxylic acids is 1. The number of carboxylic acid groups (broad SMARTS) is 1. The zero-order chi connectivity index (χ0) is 19.6. The Labute approximate surface area is 153 Å². The second kappa shape index (κ2) is 7.18. The number of halogens is 2. The van der Waals surface area contributed by atoms with Gasteiger partial charge in [-0.05, 0) is 24.3 Å². The van der Waals surface area contributed by atoms with E-state index in [9.17, 15) is 18.7 Å². The highest BCUT2D eigenvalue weighted by Crippen LogP contribution is 2.30. The van der Waals surface area contributed by atoms with E-state index in [2.05, 4.69) is 18.4 Å². The molecule has 0 aliphatic carbocycles. The van der Waals surface area contributed by atoms with Gasteiger partial charge in [-0.2, -0.15) is 0 Å². The smallest absolute Gasteiger partial charge is 0.339 e. The van der Waals surface area contributed by atoms with Gasteiger partial charge in [-0.25, -0.2) is 13.6 Å². The fourth-order valence-corrected chi connectivity index (χ4v) is 2.62. The first-order chi connectivity index (χ1) is 12.9. The molecule has 0 aliphatic rings. The summed E-state index contributed by atoms with van der Waals surface area (Å²) in [6.07, 6.45) is 4.47. The second-order valence-electron chi connectivity index (χ2n) is 5.57. The van der Waals surface area contributed by atoms with Crippen molar-refractivity contribution in [2.24, 2.45) is 0 Å². The van der Waals surface area contributed by atoms with Gasteiger partial charge in [-0.3, -0.25) is 0 Å². The Morgan fingerprint density at radius 2 is 1.93 bits per heavy atom. The first-order valence-electron chi connectivity index (χ1n) is 7.78. The number of aromatic carboxylic acids is 1. The van der Waals surface area contributed by atoms with Crippen LogP contribution >= 0.6 is 0 Å². The van der Waals surface area contributed by atoms with Gasteiger partial charge in [0.05, 0.1) is 5.56 Å². The van der Waals surface area contributed by atoms with Crippen LogP contribution in [0.2, 0.25) is 0 Å². The Balaban J connectivity index is 2.18. The molecule has 3 rings (SSSR count). The number of hydrogen-bond acceptors (Lipinski definition) is 2. The normalized spacial score (nSPS) is 10.1. The van der Waals surface area contributed by atoms with Gasteiger partial charge in [0.1, 0.15) is 11.3 Å². The zero-order valence-corrected chi connectivity index (χ0v) is 13.9. The molecule has 0 spiro atoms. The zero-order valence-electron chi connectivity index (χ0n) is 13.9. The molecular weight excluding hydrogens is 352 g/mol. The van der Waals surface area contributed by atoms with Gasteiger partial charge in [-0.15, -0.1) is 0 Å². The van der Waals surface area contributed by atoms with Crippen molar-refractivity contribution in [2.75, 3.05) is 0 Å². The van der Waals surface area contributed by atoms with Gasteiger partial charge >= 0.3 is 5.97 Å². The number of rotatable bonds is 3. The minimum atomic E-state index is -1.26. The number of benzene rings is 2. The van der Waals surface area contributed by atoms with Crippen LogP contribution in [-0.4, -0.2) is 20.7 Å². The molecule has 4 nitrogen and oxygen atoms in total. The molecule has 3 aromatic rings. The fourth-order valence-electron chi connectivity index (χ4n) is 2.62. The van der Waals surface area contributed by atoms with Crippen LogP contribution in [0.1, 0.15) is 15.9 Å². The Hall–Kier alpha value is -3.85. The molecule has 6 heteroatoms. The summed E-state index contributed by atoms with van der Waals surface area (Å²) in [6, 6.07) is 7.85. The van der Waals surface area contributed by atoms with Crippen LogP contribution in [0.5, 0.6) is 5.75 Å². The van der Waals surface area contributed by atoms with Gasteiger partial charge in [0.25, 0.3) is 0 Å². The summed E-state index contributed by atoms with van der Waals surface area (Å²) in [5, 5.41) is 18.9. The van der Waals surface area contributed by atoms with Crippen LogP contribution in [0.3, 0.4) is 0 Å². The maximum Gasteiger partial charge on any atom is 0.339 e. The number of aromatic hydroxyl groups is 1. The number of aromatic nitrogens is 1. The van der Waals surface area contributed by atoms with E-state index < -0.39 is 23.4 Å². The molecule has 1 heterocycles.